The van der Waals surface area contributed by atoms with Gasteiger partial charge in [-0.3, -0.25) is 14.9 Å². The first-order valence-electron chi connectivity index (χ1n) is 5.96. The maximum Gasteiger partial charge on any atom is 0.292 e. The summed E-state index contributed by atoms with van der Waals surface area (Å²) in [4.78, 5) is 22.4. The SMILES string of the molecule is Cc1ccc([N+](=O)[O-])c(NC(=O)C2(C#N)CCC2)c1. The van der Waals surface area contributed by atoms with Crippen LogP contribution in [0.15, 0.2) is 18.2 Å². The second kappa shape index (κ2) is 4.69. The molecule has 1 N–H and O–H groups in total. The monoisotopic (exact) mass is 259 g/mol. The summed E-state index contributed by atoms with van der Waals surface area (Å²) in [5, 5.41) is 22.5. The van der Waals surface area contributed by atoms with Gasteiger partial charge in [-0.15, -0.1) is 0 Å². The van der Waals surface area contributed by atoms with E-state index in [2.05, 4.69) is 5.32 Å². The molecule has 19 heavy (non-hydrogen) atoms. The summed E-state index contributed by atoms with van der Waals surface area (Å²) in [6.07, 6.45) is 1.85. The van der Waals surface area contributed by atoms with Crippen molar-refractivity contribution in [2.45, 2.75) is 26.2 Å². The fourth-order valence-electron chi connectivity index (χ4n) is 2.07. The molecule has 2 rings (SSSR count). The third kappa shape index (κ3) is 2.27. The van der Waals surface area contributed by atoms with Crippen molar-refractivity contribution in [2.24, 2.45) is 5.41 Å². The van der Waals surface area contributed by atoms with Gasteiger partial charge in [0.05, 0.1) is 11.0 Å². The molecule has 1 aliphatic rings. The number of nitrogens with one attached hydrogen (secondary N) is 1. The van der Waals surface area contributed by atoms with Gasteiger partial charge >= 0.3 is 0 Å². The molecule has 0 aromatic heterocycles. The van der Waals surface area contributed by atoms with E-state index in [4.69, 9.17) is 5.26 Å². The molecule has 1 aromatic rings. The Labute approximate surface area is 110 Å². The second-order valence-electron chi connectivity index (χ2n) is 4.78. The van der Waals surface area contributed by atoms with E-state index in [1.165, 1.54) is 6.07 Å². The summed E-state index contributed by atoms with van der Waals surface area (Å²) in [5.41, 5.74) is -0.221. The number of amides is 1. The van der Waals surface area contributed by atoms with Crippen molar-refractivity contribution in [1.29, 1.82) is 5.26 Å². The Balaban J connectivity index is 2.28. The van der Waals surface area contributed by atoms with Crippen LogP contribution in [0.3, 0.4) is 0 Å². The van der Waals surface area contributed by atoms with Gasteiger partial charge in [0.25, 0.3) is 5.69 Å². The minimum atomic E-state index is -1.02. The maximum absolute atomic E-state index is 12.1. The number of nitro benzene ring substituents is 1. The van der Waals surface area contributed by atoms with E-state index in [0.717, 1.165) is 12.0 Å². The van der Waals surface area contributed by atoms with Crippen LogP contribution in [0, 0.1) is 33.8 Å². The molecule has 1 aromatic carbocycles. The fourth-order valence-corrected chi connectivity index (χ4v) is 2.07. The lowest BCUT2D eigenvalue weighted by Gasteiger charge is -2.33. The van der Waals surface area contributed by atoms with Gasteiger partial charge in [0.2, 0.25) is 5.91 Å². The molecule has 1 saturated carbocycles. The van der Waals surface area contributed by atoms with Gasteiger partial charge < -0.3 is 5.32 Å². The highest BCUT2D eigenvalue weighted by atomic mass is 16.6. The number of benzene rings is 1. The molecular formula is C13H13N3O3. The van der Waals surface area contributed by atoms with Gasteiger partial charge in [0, 0.05) is 6.07 Å². The molecule has 0 heterocycles. The van der Waals surface area contributed by atoms with Crippen molar-refractivity contribution in [3.63, 3.8) is 0 Å². The predicted molar refractivity (Wildman–Crippen MR) is 68.4 cm³/mol. The van der Waals surface area contributed by atoms with Crippen molar-refractivity contribution in [3.05, 3.63) is 33.9 Å². The predicted octanol–water partition coefficient (Wildman–Crippen LogP) is 2.54. The number of nitro groups is 1. The van der Waals surface area contributed by atoms with Crippen molar-refractivity contribution < 1.29 is 9.72 Å². The van der Waals surface area contributed by atoms with Crippen LogP contribution in [0.4, 0.5) is 11.4 Å². The fraction of sp³-hybridized carbons (Fsp3) is 0.385. The van der Waals surface area contributed by atoms with Crippen molar-refractivity contribution in [1.82, 2.24) is 0 Å². The van der Waals surface area contributed by atoms with Crippen LogP contribution in [0.2, 0.25) is 0 Å². The number of nitriles is 1. The highest BCUT2D eigenvalue weighted by Crippen LogP contribution is 2.41. The molecule has 0 bridgehead atoms. The van der Waals surface area contributed by atoms with Crippen molar-refractivity contribution in [2.75, 3.05) is 5.32 Å². The van der Waals surface area contributed by atoms with Crippen LogP contribution in [-0.4, -0.2) is 10.8 Å². The normalized spacial score (nSPS) is 16.0. The smallest absolute Gasteiger partial charge is 0.292 e. The number of carbonyl (C=O) groups is 1. The van der Waals surface area contributed by atoms with Crippen molar-refractivity contribution in [3.8, 4) is 6.07 Å². The molecule has 0 radical (unpaired) electrons. The lowest BCUT2D eigenvalue weighted by Crippen LogP contribution is -2.40. The van der Waals surface area contributed by atoms with E-state index in [9.17, 15) is 14.9 Å². The van der Waals surface area contributed by atoms with E-state index in [0.29, 0.717) is 12.8 Å². The summed E-state index contributed by atoms with van der Waals surface area (Å²) < 4.78 is 0. The Bertz CT molecular complexity index is 585. The number of nitrogens with zero attached hydrogens (tertiary/aromatic N) is 2. The first-order chi connectivity index (χ1) is 8.98. The Hall–Kier alpha value is -2.42. The number of anilines is 1. The van der Waals surface area contributed by atoms with E-state index < -0.39 is 16.2 Å². The molecule has 1 amide bonds. The van der Waals surface area contributed by atoms with Crippen LogP contribution < -0.4 is 5.32 Å². The summed E-state index contributed by atoms with van der Waals surface area (Å²) in [7, 11) is 0. The molecular weight excluding hydrogens is 246 g/mol. The maximum atomic E-state index is 12.1. The van der Waals surface area contributed by atoms with Crippen molar-refractivity contribution >= 4 is 17.3 Å². The molecule has 6 nitrogen and oxygen atoms in total. The molecule has 1 aliphatic carbocycles. The molecule has 0 saturated heterocycles. The third-order valence-electron chi connectivity index (χ3n) is 3.45. The minimum absolute atomic E-state index is 0.150. The summed E-state index contributed by atoms with van der Waals surface area (Å²) in [6.45, 7) is 1.78. The first kappa shape index (κ1) is 13.0. The minimum Gasteiger partial charge on any atom is -0.319 e. The number of aryl methyl sites for hydroxylation is 1. The Morgan fingerprint density at radius 2 is 2.21 bits per heavy atom. The molecule has 1 fully saturated rings. The lowest BCUT2D eigenvalue weighted by molar-refractivity contribution is -0.383. The number of hydrogen-bond donors (Lipinski definition) is 1. The standard InChI is InChI=1S/C13H13N3O3/c1-9-3-4-11(16(18)19)10(7-9)15-12(17)13(8-14)5-2-6-13/h3-4,7H,2,5-6H2,1H3,(H,15,17). The quantitative estimate of drug-likeness (QED) is 0.666. The average molecular weight is 259 g/mol. The lowest BCUT2D eigenvalue weighted by atomic mass is 9.69. The Morgan fingerprint density at radius 1 is 1.53 bits per heavy atom. The highest BCUT2D eigenvalue weighted by molar-refractivity contribution is 5.99. The Kier molecular flexibility index (Phi) is 3.21. The van der Waals surface area contributed by atoms with Gasteiger partial charge in [-0.05, 0) is 37.8 Å². The van der Waals surface area contributed by atoms with E-state index in [1.54, 1.807) is 19.1 Å². The largest absolute Gasteiger partial charge is 0.319 e. The van der Waals surface area contributed by atoms with Crippen LogP contribution in [0.1, 0.15) is 24.8 Å². The molecule has 98 valence electrons. The first-order valence-corrected chi connectivity index (χ1v) is 5.96. The number of hydrogen-bond acceptors (Lipinski definition) is 4. The van der Waals surface area contributed by atoms with Crippen LogP contribution in [0.5, 0.6) is 0 Å². The molecule has 0 atom stereocenters. The van der Waals surface area contributed by atoms with Gasteiger partial charge in [0.1, 0.15) is 11.1 Å². The third-order valence-corrected chi connectivity index (χ3v) is 3.45. The van der Waals surface area contributed by atoms with E-state index >= 15 is 0 Å². The van der Waals surface area contributed by atoms with Gasteiger partial charge in [0.15, 0.2) is 0 Å². The zero-order valence-corrected chi connectivity index (χ0v) is 10.5. The summed E-state index contributed by atoms with van der Waals surface area (Å²) in [5.74, 6) is -0.449. The zero-order valence-electron chi connectivity index (χ0n) is 10.5. The Morgan fingerprint density at radius 3 is 2.68 bits per heavy atom. The number of rotatable bonds is 3. The zero-order chi connectivity index (χ0) is 14.0. The second-order valence-corrected chi connectivity index (χ2v) is 4.78. The summed E-state index contributed by atoms with van der Waals surface area (Å²) in [6, 6.07) is 6.52. The average Bonchev–Trinajstić information content (AvgIpc) is 2.27. The van der Waals surface area contributed by atoms with Crippen LogP contribution >= 0.6 is 0 Å². The van der Waals surface area contributed by atoms with Gasteiger partial charge in [-0.25, -0.2) is 0 Å². The van der Waals surface area contributed by atoms with Crippen LogP contribution in [-0.2, 0) is 4.79 Å². The van der Waals surface area contributed by atoms with E-state index in [-0.39, 0.29) is 11.4 Å². The van der Waals surface area contributed by atoms with Gasteiger partial charge in [-0.1, -0.05) is 6.07 Å². The topological polar surface area (TPSA) is 96.0 Å². The molecule has 6 heteroatoms. The molecule has 0 spiro atoms. The van der Waals surface area contributed by atoms with E-state index in [1.807, 2.05) is 6.07 Å². The number of carbonyl (C=O) groups excluding carboxylic acids is 1. The van der Waals surface area contributed by atoms with Gasteiger partial charge in [-0.2, -0.15) is 5.26 Å². The summed E-state index contributed by atoms with van der Waals surface area (Å²) >= 11 is 0. The highest BCUT2D eigenvalue weighted by Gasteiger charge is 2.45. The molecule has 0 unspecified atom stereocenters. The van der Waals surface area contributed by atoms with Crippen LogP contribution in [0.25, 0.3) is 0 Å². The molecule has 0 aliphatic heterocycles.